The molecule has 0 spiro atoms. The Bertz CT molecular complexity index is 1680. The second kappa shape index (κ2) is 8.31. The van der Waals surface area contributed by atoms with Crippen molar-refractivity contribution in [2.24, 2.45) is 0 Å². The maximum absolute atomic E-state index is 13.6. The molecule has 5 aromatic rings. The van der Waals surface area contributed by atoms with E-state index >= 15 is 0 Å². The number of amides is 1. The van der Waals surface area contributed by atoms with E-state index in [4.69, 9.17) is 11.6 Å². The second-order valence-electron chi connectivity index (χ2n) is 8.03. The molecule has 0 fully saturated rings. The molecular weight excluding hydrogens is 454 g/mol. The van der Waals surface area contributed by atoms with Gasteiger partial charge >= 0.3 is 0 Å². The maximum Gasteiger partial charge on any atom is 0.272 e. The molecule has 0 radical (unpaired) electrons. The van der Waals surface area contributed by atoms with Crippen molar-refractivity contribution in [3.63, 3.8) is 0 Å². The van der Waals surface area contributed by atoms with Gasteiger partial charge in [-0.1, -0.05) is 41.9 Å². The van der Waals surface area contributed by atoms with Crippen LogP contribution in [0.4, 0.5) is 0 Å². The molecular formula is C25H20ClN5O3. The summed E-state index contributed by atoms with van der Waals surface area (Å²) in [6.07, 6.45) is 1.44. The molecule has 2 aromatic carbocycles. The van der Waals surface area contributed by atoms with Crippen LogP contribution in [0.5, 0.6) is 0 Å². The van der Waals surface area contributed by atoms with E-state index in [1.54, 1.807) is 30.5 Å². The monoisotopic (exact) mass is 473 g/mol. The van der Waals surface area contributed by atoms with Crippen molar-refractivity contribution < 1.29 is 4.79 Å². The number of carbonyl (C=O) groups excluding carboxylic acids is 1. The van der Waals surface area contributed by atoms with Crippen molar-refractivity contribution in [2.45, 2.75) is 19.9 Å². The zero-order valence-corrected chi connectivity index (χ0v) is 19.1. The number of fused-ring (bicyclic) bond motifs is 2. The molecule has 0 saturated heterocycles. The summed E-state index contributed by atoms with van der Waals surface area (Å²) in [5.41, 5.74) is 1.63. The third-order valence-corrected chi connectivity index (χ3v) is 6.02. The summed E-state index contributed by atoms with van der Waals surface area (Å²) < 4.78 is 2.77. The van der Waals surface area contributed by atoms with Crippen LogP contribution in [0.2, 0.25) is 5.02 Å². The Labute approximate surface area is 198 Å². The van der Waals surface area contributed by atoms with E-state index in [1.807, 2.05) is 42.5 Å². The molecule has 0 aliphatic carbocycles. The van der Waals surface area contributed by atoms with Crippen molar-refractivity contribution in [1.29, 1.82) is 0 Å². The largest absolute Gasteiger partial charge is 0.344 e. The number of hydrogen-bond acceptors (Lipinski definition) is 4. The third kappa shape index (κ3) is 3.58. The fourth-order valence-electron chi connectivity index (χ4n) is 4.11. The highest BCUT2D eigenvalue weighted by Gasteiger charge is 2.22. The van der Waals surface area contributed by atoms with Gasteiger partial charge in [-0.25, -0.2) is 9.50 Å². The van der Waals surface area contributed by atoms with Crippen molar-refractivity contribution in [2.75, 3.05) is 0 Å². The molecule has 1 atom stereocenters. The van der Waals surface area contributed by atoms with E-state index in [-0.39, 0.29) is 22.3 Å². The van der Waals surface area contributed by atoms with Gasteiger partial charge < -0.3 is 5.32 Å². The van der Waals surface area contributed by atoms with Gasteiger partial charge in [-0.3, -0.25) is 24.0 Å². The van der Waals surface area contributed by atoms with E-state index in [9.17, 15) is 14.4 Å². The number of aryl methyl sites for hydroxylation is 1. The number of hydrogen-bond donors (Lipinski definition) is 2. The SMILES string of the molecule is Cc1cc(=O)n2[nH]cc(C(=O)NC(C)c3cc4cccc(Cl)c4c(=O)n3-c3ccccc3)c2n1. The van der Waals surface area contributed by atoms with Crippen LogP contribution >= 0.6 is 11.6 Å². The predicted molar refractivity (Wildman–Crippen MR) is 131 cm³/mol. The maximum atomic E-state index is 13.6. The van der Waals surface area contributed by atoms with Gasteiger partial charge in [0.1, 0.15) is 5.56 Å². The van der Waals surface area contributed by atoms with Crippen LogP contribution in [0.3, 0.4) is 0 Å². The molecule has 5 rings (SSSR count). The lowest BCUT2D eigenvalue weighted by Crippen LogP contribution is -2.32. The molecule has 8 nitrogen and oxygen atoms in total. The Balaban J connectivity index is 1.62. The van der Waals surface area contributed by atoms with E-state index < -0.39 is 11.9 Å². The zero-order chi connectivity index (χ0) is 24.0. The number of rotatable bonds is 4. The first-order valence-electron chi connectivity index (χ1n) is 10.6. The van der Waals surface area contributed by atoms with E-state index in [0.717, 1.165) is 0 Å². The lowest BCUT2D eigenvalue weighted by molar-refractivity contribution is 0.0940. The van der Waals surface area contributed by atoms with Gasteiger partial charge in [0, 0.05) is 29.3 Å². The van der Waals surface area contributed by atoms with Gasteiger partial charge in [-0.05, 0) is 43.5 Å². The summed E-state index contributed by atoms with van der Waals surface area (Å²) in [4.78, 5) is 43.2. The predicted octanol–water partition coefficient (Wildman–Crippen LogP) is 3.78. The first-order chi connectivity index (χ1) is 16.3. The minimum Gasteiger partial charge on any atom is -0.344 e. The van der Waals surface area contributed by atoms with Crippen molar-refractivity contribution in [1.82, 2.24) is 24.5 Å². The average molecular weight is 474 g/mol. The number of aromatic amines is 1. The van der Waals surface area contributed by atoms with Gasteiger partial charge in [0.15, 0.2) is 5.65 Å². The molecule has 1 unspecified atom stereocenters. The summed E-state index contributed by atoms with van der Waals surface area (Å²) in [7, 11) is 0. The molecule has 3 heterocycles. The molecule has 9 heteroatoms. The zero-order valence-electron chi connectivity index (χ0n) is 18.4. The van der Waals surface area contributed by atoms with Crippen LogP contribution in [0, 0.1) is 6.92 Å². The molecule has 0 aliphatic heterocycles. The van der Waals surface area contributed by atoms with Crippen LogP contribution in [0.15, 0.2) is 76.4 Å². The Morgan fingerprint density at radius 1 is 1.09 bits per heavy atom. The van der Waals surface area contributed by atoms with Gasteiger partial charge in [-0.15, -0.1) is 0 Å². The smallest absolute Gasteiger partial charge is 0.272 e. The lowest BCUT2D eigenvalue weighted by Gasteiger charge is -2.21. The van der Waals surface area contributed by atoms with E-state index in [0.29, 0.717) is 32.9 Å². The fourth-order valence-corrected chi connectivity index (χ4v) is 4.38. The number of nitrogens with one attached hydrogen (secondary N) is 2. The minimum atomic E-state index is -0.560. The number of pyridine rings is 1. The number of benzene rings is 2. The lowest BCUT2D eigenvalue weighted by atomic mass is 10.1. The first-order valence-corrected chi connectivity index (χ1v) is 11.0. The molecule has 0 saturated carbocycles. The summed E-state index contributed by atoms with van der Waals surface area (Å²) in [5.74, 6) is -0.429. The third-order valence-electron chi connectivity index (χ3n) is 5.70. The van der Waals surface area contributed by atoms with Gasteiger partial charge in [0.25, 0.3) is 17.0 Å². The Morgan fingerprint density at radius 2 is 1.85 bits per heavy atom. The summed E-state index contributed by atoms with van der Waals surface area (Å²) in [6, 6.07) is 17.1. The van der Waals surface area contributed by atoms with Crippen LogP contribution in [0.1, 0.15) is 34.7 Å². The molecule has 2 N–H and O–H groups in total. The van der Waals surface area contributed by atoms with E-state index in [1.165, 1.54) is 16.8 Å². The first kappa shape index (κ1) is 21.7. The van der Waals surface area contributed by atoms with Crippen molar-refractivity contribution >= 4 is 33.9 Å². The number of H-pyrrole nitrogens is 1. The highest BCUT2D eigenvalue weighted by Crippen LogP contribution is 2.25. The highest BCUT2D eigenvalue weighted by atomic mass is 35.5. The van der Waals surface area contributed by atoms with Gasteiger partial charge in [-0.2, -0.15) is 0 Å². The summed E-state index contributed by atoms with van der Waals surface area (Å²) in [6.45, 7) is 3.49. The van der Waals surface area contributed by atoms with Crippen molar-refractivity contribution in [3.8, 4) is 5.69 Å². The minimum absolute atomic E-state index is 0.227. The summed E-state index contributed by atoms with van der Waals surface area (Å²) >= 11 is 6.37. The molecule has 1 amide bonds. The Hall–Kier alpha value is -4.17. The normalized spacial score (nSPS) is 12.2. The van der Waals surface area contributed by atoms with E-state index in [2.05, 4.69) is 15.4 Å². The van der Waals surface area contributed by atoms with Crippen LogP contribution < -0.4 is 16.4 Å². The highest BCUT2D eigenvalue weighted by molar-refractivity contribution is 6.35. The van der Waals surface area contributed by atoms with Gasteiger partial charge in [0.2, 0.25) is 0 Å². The number of carbonyl (C=O) groups is 1. The molecule has 3 aromatic heterocycles. The molecule has 0 bridgehead atoms. The van der Waals surface area contributed by atoms with Crippen LogP contribution in [0.25, 0.3) is 22.1 Å². The number of halogens is 1. The standard InChI is InChI=1S/C25H20ClN5O3/c1-14-11-21(32)31-23(28-14)18(13-27-31)24(33)29-15(2)20-12-16-7-6-10-19(26)22(16)25(34)30(20)17-8-4-3-5-9-17/h3-13,15,27H,1-2H3,(H,29,33). The quantitative estimate of drug-likeness (QED) is 0.414. The molecule has 170 valence electrons. The fraction of sp³-hybridized carbons (Fsp3) is 0.120. The van der Waals surface area contributed by atoms with Crippen LogP contribution in [-0.4, -0.2) is 25.1 Å². The number of aromatic nitrogens is 4. The second-order valence-corrected chi connectivity index (χ2v) is 8.43. The van der Waals surface area contributed by atoms with Crippen molar-refractivity contribution in [3.05, 3.63) is 110 Å². The van der Waals surface area contributed by atoms with Crippen LogP contribution in [-0.2, 0) is 0 Å². The Kier molecular flexibility index (Phi) is 5.30. The van der Waals surface area contributed by atoms with Gasteiger partial charge in [0.05, 0.1) is 16.5 Å². The average Bonchev–Trinajstić information content (AvgIpc) is 3.23. The Morgan fingerprint density at radius 3 is 2.62 bits per heavy atom. The number of nitrogens with zero attached hydrogens (tertiary/aromatic N) is 3. The summed E-state index contributed by atoms with van der Waals surface area (Å²) in [5, 5.41) is 7.15. The molecule has 34 heavy (non-hydrogen) atoms. The topological polar surface area (TPSA) is 101 Å². The molecule has 0 aliphatic rings. The number of para-hydroxylation sites is 1.